The number of rotatable bonds is 6. The minimum atomic E-state index is -0.429. The van der Waals surface area contributed by atoms with Crippen molar-refractivity contribution in [3.63, 3.8) is 0 Å². The van der Waals surface area contributed by atoms with Crippen LogP contribution in [0, 0.1) is 12.3 Å². The molecule has 0 bridgehead atoms. The van der Waals surface area contributed by atoms with Crippen LogP contribution in [0.15, 0.2) is 0 Å². The van der Waals surface area contributed by atoms with Gasteiger partial charge in [-0.3, -0.25) is 4.90 Å². The van der Waals surface area contributed by atoms with Gasteiger partial charge in [0.25, 0.3) is 0 Å². The van der Waals surface area contributed by atoms with Crippen molar-refractivity contribution in [2.24, 2.45) is 0 Å². The third kappa shape index (κ3) is 4.95. The van der Waals surface area contributed by atoms with E-state index in [1.165, 1.54) is 0 Å². The highest BCUT2D eigenvalue weighted by molar-refractivity contribution is 4.83. The second kappa shape index (κ2) is 7.64. The second-order valence-electron chi connectivity index (χ2n) is 4.11. The Bertz CT molecular complexity index is 220. The van der Waals surface area contributed by atoms with E-state index in [4.69, 9.17) is 11.2 Å². The van der Waals surface area contributed by atoms with Gasteiger partial charge in [0.15, 0.2) is 0 Å². The Balaban J connectivity index is 2.11. The van der Waals surface area contributed by atoms with E-state index in [0.29, 0.717) is 13.2 Å². The van der Waals surface area contributed by atoms with E-state index in [1.54, 1.807) is 0 Å². The molecule has 0 aromatic heterocycles. The first-order valence-electron chi connectivity index (χ1n) is 5.90. The molecule has 0 radical (unpaired) electrons. The van der Waals surface area contributed by atoms with E-state index in [-0.39, 0.29) is 6.61 Å². The van der Waals surface area contributed by atoms with E-state index in [2.05, 4.69) is 22.6 Å². The number of nitrogens with zero attached hydrogens (tertiary/aromatic N) is 2. The molecule has 16 heavy (non-hydrogen) atoms. The lowest BCUT2D eigenvalue weighted by molar-refractivity contribution is 0.0166. The number of likely N-dealkylation sites (N-methyl/N-ethyl adjacent to an activating group) is 1. The summed E-state index contributed by atoms with van der Waals surface area (Å²) in [6.07, 6.45) is 4.63. The van der Waals surface area contributed by atoms with Crippen LogP contribution in [0.5, 0.6) is 0 Å². The monoisotopic (exact) mass is 226 g/mol. The van der Waals surface area contributed by atoms with Gasteiger partial charge in [-0.25, -0.2) is 0 Å². The molecule has 4 heteroatoms. The highest BCUT2D eigenvalue weighted by Crippen LogP contribution is 2.02. The number of terminal acetylenes is 1. The molecule has 1 saturated heterocycles. The summed E-state index contributed by atoms with van der Waals surface area (Å²) in [6.45, 7) is 8.82. The van der Waals surface area contributed by atoms with Gasteiger partial charge in [-0.1, -0.05) is 12.8 Å². The summed E-state index contributed by atoms with van der Waals surface area (Å²) in [7, 11) is 0. The molecule has 0 saturated carbocycles. The number of aliphatic hydroxyl groups excluding tert-OH is 1. The summed E-state index contributed by atoms with van der Waals surface area (Å²) in [6, 6.07) is 0. The first-order valence-corrected chi connectivity index (χ1v) is 5.90. The van der Waals surface area contributed by atoms with Crippen LogP contribution in [-0.2, 0) is 4.74 Å². The quantitative estimate of drug-likeness (QED) is 0.495. The maximum atomic E-state index is 9.70. The smallest absolute Gasteiger partial charge is 0.107 e. The Morgan fingerprint density at radius 3 is 2.50 bits per heavy atom. The normalized spacial score (nSPS) is 20.6. The number of piperazine rings is 1. The Morgan fingerprint density at radius 2 is 1.94 bits per heavy atom. The van der Waals surface area contributed by atoms with Gasteiger partial charge in [0.2, 0.25) is 0 Å². The Hall–Kier alpha value is -0.600. The lowest BCUT2D eigenvalue weighted by Gasteiger charge is -2.34. The van der Waals surface area contributed by atoms with Gasteiger partial charge >= 0.3 is 0 Å². The first kappa shape index (κ1) is 13.5. The minimum Gasteiger partial charge on any atom is -0.389 e. The molecule has 0 aromatic rings. The van der Waals surface area contributed by atoms with Crippen molar-refractivity contribution in [3.8, 4) is 12.3 Å². The van der Waals surface area contributed by atoms with Gasteiger partial charge in [0.05, 0.1) is 12.7 Å². The van der Waals surface area contributed by atoms with Crippen LogP contribution in [-0.4, -0.2) is 73.5 Å². The highest BCUT2D eigenvalue weighted by Gasteiger charge is 2.17. The van der Waals surface area contributed by atoms with Crippen molar-refractivity contribution in [3.05, 3.63) is 0 Å². The van der Waals surface area contributed by atoms with E-state index >= 15 is 0 Å². The SMILES string of the molecule is C#CCOCC(O)CN1CCN(CC)CC1. The summed E-state index contributed by atoms with van der Waals surface area (Å²) in [5.41, 5.74) is 0. The molecule has 0 aromatic carbocycles. The molecule has 1 unspecified atom stereocenters. The fourth-order valence-electron chi connectivity index (χ4n) is 1.89. The molecule has 1 rings (SSSR count). The molecular formula is C12H22N2O2. The van der Waals surface area contributed by atoms with Crippen molar-refractivity contribution in [2.45, 2.75) is 13.0 Å². The molecule has 4 nitrogen and oxygen atoms in total. The van der Waals surface area contributed by atoms with Crippen LogP contribution < -0.4 is 0 Å². The molecule has 1 aliphatic rings. The number of aliphatic hydroxyl groups is 1. The first-order chi connectivity index (χ1) is 7.76. The predicted octanol–water partition coefficient (Wildman–Crippen LogP) is -0.365. The molecule has 0 amide bonds. The van der Waals surface area contributed by atoms with Crippen LogP contribution in [0.2, 0.25) is 0 Å². The van der Waals surface area contributed by atoms with Crippen LogP contribution in [0.3, 0.4) is 0 Å². The molecule has 1 atom stereocenters. The lowest BCUT2D eigenvalue weighted by atomic mass is 10.2. The Morgan fingerprint density at radius 1 is 1.31 bits per heavy atom. The average molecular weight is 226 g/mol. The molecule has 1 fully saturated rings. The summed E-state index contributed by atoms with van der Waals surface area (Å²) in [5.74, 6) is 2.39. The Kier molecular flexibility index (Phi) is 6.43. The lowest BCUT2D eigenvalue weighted by Crippen LogP contribution is -2.48. The summed E-state index contributed by atoms with van der Waals surface area (Å²) in [4.78, 5) is 4.69. The van der Waals surface area contributed by atoms with Crippen molar-refractivity contribution in [1.29, 1.82) is 0 Å². The minimum absolute atomic E-state index is 0.278. The molecule has 92 valence electrons. The molecular weight excluding hydrogens is 204 g/mol. The maximum absolute atomic E-state index is 9.70. The Labute approximate surface area is 98.2 Å². The van der Waals surface area contributed by atoms with E-state index < -0.39 is 6.10 Å². The van der Waals surface area contributed by atoms with Crippen molar-refractivity contribution >= 4 is 0 Å². The molecule has 1 heterocycles. The van der Waals surface area contributed by atoms with Crippen molar-refractivity contribution < 1.29 is 9.84 Å². The largest absolute Gasteiger partial charge is 0.389 e. The molecule has 1 N–H and O–H groups in total. The van der Waals surface area contributed by atoms with Crippen molar-refractivity contribution in [2.75, 3.05) is 52.5 Å². The van der Waals surface area contributed by atoms with Crippen LogP contribution in [0.4, 0.5) is 0 Å². The number of hydrogen-bond donors (Lipinski definition) is 1. The topological polar surface area (TPSA) is 35.9 Å². The van der Waals surface area contributed by atoms with Crippen LogP contribution in [0.25, 0.3) is 0 Å². The fourth-order valence-corrected chi connectivity index (χ4v) is 1.89. The van der Waals surface area contributed by atoms with Gasteiger partial charge < -0.3 is 14.7 Å². The average Bonchev–Trinajstić information content (AvgIpc) is 2.30. The molecule has 0 spiro atoms. The van der Waals surface area contributed by atoms with Gasteiger partial charge in [0.1, 0.15) is 6.61 Å². The van der Waals surface area contributed by atoms with Crippen LogP contribution >= 0.6 is 0 Å². The third-order valence-corrected chi connectivity index (χ3v) is 2.88. The summed E-state index contributed by atoms with van der Waals surface area (Å²) >= 11 is 0. The summed E-state index contributed by atoms with van der Waals surface area (Å²) in [5, 5.41) is 9.70. The highest BCUT2D eigenvalue weighted by atomic mass is 16.5. The predicted molar refractivity (Wildman–Crippen MR) is 64.2 cm³/mol. The van der Waals surface area contributed by atoms with Gasteiger partial charge in [-0.2, -0.15) is 0 Å². The maximum Gasteiger partial charge on any atom is 0.107 e. The zero-order valence-electron chi connectivity index (χ0n) is 10.1. The van der Waals surface area contributed by atoms with Gasteiger partial charge in [-0.05, 0) is 6.54 Å². The zero-order chi connectivity index (χ0) is 11.8. The summed E-state index contributed by atoms with van der Waals surface area (Å²) < 4.78 is 5.11. The zero-order valence-corrected chi connectivity index (χ0v) is 10.1. The van der Waals surface area contributed by atoms with Gasteiger partial charge in [0, 0.05) is 32.7 Å². The van der Waals surface area contributed by atoms with Crippen LogP contribution in [0.1, 0.15) is 6.92 Å². The van der Waals surface area contributed by atoms with E-state index in [0.717, 1.165) is 32.7 Å². The molecule has 0 aliphatic carbocycles. The van der Waals surface area contributed by atoms with E-state index in [1.807, 2.05) is 0 Å². The van der Waals surface area contributed by atoms with E-state index in [9.17, 15) is 5.11 Å². The number of ether oxygens (including phenoxy) is 1. The number of hydrogen-bond acceptors (Lipinski definition) is 4. The van der Waals surface area contributed by atoms with Crippen molar-refractivity contribution in [1.82, 2.24) is 9.80 Å². The number of β-amino-alcohol motifs (C(OH)–C–C–N with tert-alkyl or cyclic N) is 1. The van der Waals surface area contributed by atoms with Gasteiger partial charge in [-0.15, -0.1) is 6.42 Å². The second-order valence-corrected chi connectivity index (χ2v) is 4.11. The fraction of sp³-hybridized carbons (Fsp3) is 0.833. The molecule has 1 aliphatic heterocycles. The standard InChI is InChI=1S/C12H22N2O2/c1-3-9-16-11-12(15)10-14-7-5-13(4-2)6-8-14/h1,12,15H,4-11H2,2H3. The third-order valence-electron chi connectivity index (χ3n) is 2.88.